The Hall–Kier alpha value is -3.43. The van der Waals surface area contributed by atoms with Gasteiger partial charge < -0.3 is 29.1 Å². The fraction of sp³-hybridized carbons (Fsp3) is 0.286. The maximum atomic E-state index is 12.7. The van der Waals surface area contributed by atoms with Crippen LogP contribution >= 0.6 is 0 Å². The third kappa shape index (κ3) is 3.72. The maximum absolute atomic E-state index is 12.7. The Morgan fingerprint density at radius 1 is 1.20 bits per heavy atom. The molecule has 0 saturated carbocycles. The van der Waals surface area contributed by atoms with E-state index in [1.54, 1.807) is 37.6 Å². The van der Waals surface area contributed by atoms with Crippen LogP contribution < -0.4 is 10.6 Å². The standard InChI is InChI=1S/C21H21N3O6/c1-24-9-14(18(25)20(27)23-21(10-28-2)11-29-12-21)8-16(24)19(26)22-15-3-4-17-13(7-15)5-6-30-17/h3-9H,10-12H2,1-2H3,(H,22,26)(H,23,27). The van der Waals surface area contributed by atoms with E-state index in [0.717, 1.165) is 5.39 Å². The van der Waals surface area contributed by atoms with E-state index in [4.69, 9.17) is 13.9 Å². The molecule has 0 radical (unpaired) electrons. The van der Waals surface area contributed by atoms with Gasteiger partial charge in [-0.2, -0.15) is 0 Å². The average Bonchev–Trinajstić information content (AvgIpc) is 3.31. The van der Waals surface area contributed by atoms with Crippen LogP contribution in [0.1, 0.15) is 20.8 Å². The first-order chi connectivity index (χ1) is 14.4. The summed E-state index contributed by atoms with van der Waals surface area (Å²) in [5, 5.41) is 6.33. The predicted octanol–water partition coefficient (Wildman–Crippen LogP) is 1.74. The number of aromatic nitrogens is 1. The summed E-state index contributed by atoms with van der Waals surface area (Å²) in [6.07, 6.45) is 3.03. The van der Waals surface area contributed by atoms with Crippen molar-refractivity contribution in [2.45, 2.75) is 5.54 Å². The molecule has 0 bridgehead atoms. The molecule has 0 unspecified atom stereocenters. The number of rotatable bonds is 7. The van der Waals surface area contributed by atoms with Crippen molar-refractivity contribution in [3.8, 4) is 0 Å². The number of methoxy groups -OCH3 is 1. The second-order valence-electron chi connectivity index (χ2n) is 7.34. The molecule has 1 aliphatic heterocycles. The van der Waals surface area contributed by atoms with E-state index in [2.05, 4.69) is 10.6 Å². The number of Topliss-reactive ketones (excluding diaryl/α,β-unsaturated/α-hetero) is 1. The highest BCUT2D eigenvalue weighted by Crippen LogP contribution is 2.21. The lowest BCUT2D eigenvalue weighted by atomic mass is 9.98. The SMILES string of the molecule is COCC1(NC(=O)C(=O)c2cc(C(=O)Nc3ccc4occc4c3)n(C)c2)COC1. The molecule has 2 N–H and O–H groups in total. The fourth-order valence-electron chi connectivity index (χ4n) is 3.40. The number of hydrogen-bond donors (Lipinski definition) is 2. The van der Waals surface area contributed by atoms with E-state index in [1.807, 2.05) is 0 Å². The van der Waals surface area contributed by atoms with Gasteiger partial charge in [-0.25, -0.2) is 0 Å². The molecular formula is C21H21N3O6. The van der Waals surface area contributed by atoms with Crippen molar-refractivity contribution < 1.29 is 28.3 Å². The number of nitrogens with zero attached hydrogens (tertiary/aromatic N) is 1. The number of amides is 2. The highest BCUT2D eigenvalue weighted by Gasteiger charge is 2.41. The first-order valence-electron chi connectivity index (χ1n) is 9.29. The summed E-state index contributed by atoms with van der Waals surface area (Å²) in [6, 6.07) is 8.47. The lowest BCUT2D eigenvalue weighted by molar-refractivity contribution is -0.135. The van der Waals surface area contributed by atoms with Crippen LogP contribution in [0.5, 0.6) is 0 Å². The van der Waals surface area contributed by atoms with Crippen molar-refractivity contribution in [1.29, 1.82) is 0 Å². The Morgan fingerprint density at radius 2 is 2.00 bits per heavy atom. The highest BCUT2D eigenvalue weighted by atomic mass is 16.5. The Kier molecular flexibility index (Phi) is 5.15. The van der Waals surface area contributed by atoms with Crippen LogP contribution in [0.4, 0.5) is 5.69 Å². The van der Waals surface area contributed by atoms with E-state index in [0.29, 0.717) is 11.3 Å². The zero-order chi connectivity index (χ0) is 21.3. The first kappa shape index (κ1) is 19.9. The van der Waals surface area contributed by atoms with Gasteiger partial charge in [-0.15, -0.1) is 0 Å². The van der Waals surface area contributed by atoms with Gasteiger partial charge in [0.15, 0.2) is 0 Å². The smallest absolute Gasteiger partial charge is 0.293 e. The molecule has 1 fully saturated rings. The van der Waals surface area contributed by atoms with E-state index < -0.39 is 23.1 Å². The molecule has 3 heterocycles. The van der Waals surface area contributed by atoms with E-state index in [1.165, 1.54) is 23.9 Å². The molecule has 9 heteroatoms. The highest BCUT2D eigenvalue weighted by molar-refractivity contribution is 6.43. The van der Waals surface area contributed by atoms with Gasteiger partial charge in [0.25, 0.3) is 17.6 Å². The number of ether oxygens (including phenoxy) is 2. The van der Waals surface area contributed by atoms with Crippen LogP contribution in [0.3, 0.4) is 0 Å². The molecular weight excluding hydrogens is 390 g/mol. The van der Waals surface area contributed by atoms with Gasteiger partial charge in [0, 0.05) is 37.0 Å². The molecule has 2 amide bonds. The van der Waals surface area contributed by atoms with Gasteiger partial charge in [0.05, 0.1) is 26.1 Å². The Bertz CT molecular complexity index is 1120. The van der Waals surface area contributed by atoms with Gasteiger partial charge in [-0.1, -0.05) is 0 Å². The average molecular weight is 411 g/mol. The summed E-state index contributed by atoms with van der Waals surface area (Å²) in [4.78, 5) is 37.7. The number of furan rings is 1. The van der Waals surface area contributed by atoms with Crippen molar-refractivity contribution in [3.63, 3.8) is 0 Å². The van der Waals surface area contributed by atoms with Crippen molar-refractivity contribution in [2.24, 2.45) is 7.05 Å². The zero-order valence-corrected chi connectivity index (χ0v) is 16.6. The van der Waals surface area contributed by atoms with Crippen LogP contribution in [-0.2, 0) is 21.3 Å². The summed E-state index contributed by atoms with van der Waals surface area (Å²) in [7, 11) is 3.15. The van der Waals surface area contributed by atoms with Crippen molar-refractivity contribution in [1.82, 2.24) is 9.88 Å². The molecule has 0 aliphatic carbocycles. The number of aryl methyl sites for hydroxylation is 1. The Balaban J connectivity index is 1.47. The number of anilines is 1. The monoisotopic (exact) mass is 411 g/mol. The van der Waals surface area contributed by atoms with Crippen molar-refractivity contribution >= 4 is 34.3 Å². The Labute approximate surface area is 171 Å². The van der Waals surface area contributed by atoms with Gasteiger partial charge in [-0.05, 0) is 30.3 Å². The fourth-order valence-corrected chi connectivity index (χ4v) is 3.40. The van der Waals surface area contributed by atoms with Crippen molar-refractivity contribution in [3.05, 3.63) is 54.0 Å². The number of carbonyl (C=O) groups excluding carboxylic acids is 3. The van der Waals surface area contributed by atoms with Gasteiger partial charge in [-0.3, -0.25) is 14.4 Å². The lowest BCUT2D eigenvalue weighted by Gasteiger charge is -2.41. The molecule has 4 rings (SSSR count). The minimum Gasteiger partial charge on any atom is -0.464 e. The molecule has 3 aromatic rings. The summed E-state index contributed by atoms with van der Waals surface area (Å²) < 4.78 is 17.0. The summed E-state index contributed by atoms with van der Waals surface area (Å²) in [6.45, 7) is 0.808. The molecule has 156 valence electrons. The molecule has 1 aromatic carbocycles. The van der Waals surface area contributed by atoms with E-state index >= 15 is 0 Å². The molecule has 1 saturated heterocycles. The van der Waals surface area contributed by atoms with E-state index in [-0.39, 0.29) is 31.1 Å². The van der Waals surface area contributed by atoms with Crippen LogP contribution in [0, 0.1) is 0 Å². The second kappa shape index (κ2) is 7.77. The summed E-state index contributed by atoms with van der Waals surface area (Å²) in [5.41, 5.74) is 0.985. The number of nitrogens with one attached hydrogen (secondary N) is 2. The third-order valence-electron chi connectivity index (χ3n) is 4.97. The third-order valence-corrected chi connectivity index (χ3v) is 4.97. The molecule has 1 aliphatic rings. The summed E-state index contributed by atoms with van der Waals surface area (Å²) in [5.74, 6) is -1.90. The Morgan fingerprint density at radius 3 is 2.70 bits per heavy atom. The van der Waals surface area contributed by atoms with Crippen LogP contribution in [0.2, 0.25) is 0 Å². The topological polar surface area (TPSA) is 112 Å². The number of ketones is 1. The first-order valence-corrected chi connectivity index (χ1v) is 9.29. The second-order valence-corrected chi connectivity index (χ2v) is 7.34. The largest absolute Gasteiger partial charge is 0.464 e. The van der Waals surface area contributed by atoms with Crippen molar-refractivity contribution in [2.75, 3.05) is 32.2 Å². The van der Waals surface area contributed by atoms with Gasteiger partial charge >= 0.3 is 0 Å². The maximum Gasteiger partial charge on any atom is 0.293 e. The number of carbonyl (C=O) groups is 3. The molecule has 30 heavy (non-hydrogen) atoms. The predicted molar refractivity (Wildman–Crippen MR) is 107 cm³/mol. The summed E-state index contributed by atoms with van der Waals surface area (Å²) >= 11 is 0. The van der Waals surface area contributed by atoms with Gasteiger partial charge in [0.2, 0.25) is 0 Å². The van der Waals surface area contributed by atoms with Gasteiger partial charge in [0.1, 0.15) is 16.8 Å². The number of hydrogen-bond acceptors (Lipinski definition) is 6. The normalized spacial score (nSPS) is 14.9. The lowest BCUT2D eigenvalue weighted by Crippen LogP contribution is -2.65. The minimum absolute atomic E-state index is 0.123. The molecule has 0 spiro atoms. The number of benzene rings is 1. The minimum atomic E-state index is -0.765. The molecule has 2 aromatic heterocycles. The van der Waals surface area contributed by atoms with E-state index in [9.17, 15) is 14.4 Å². The van der Waals surface area contributed by atoms with Crippen LogP contribution in [0.15, 0.2) is 47.2 Å². The zero-order valence-electron chi connectivity index (χ0n) is 16.6. The number of fused-ring (bicyclic) bond motifs is 1. The van der Waals surface area contributed by atoms with Crippen LogP contribution in [-0.4, -0.2) is 54.6 Å². The molecule has 9 nitrogen and oxygen atoms in total. The van der Waals surface area contributed by atoms with Crippen LogP contribution in [0.25, 0.3) is 11.0 Å². The quantitative estimate of drug-likeness (QED) is 0.452. The molecule has 0 atom stereocenters.